The predicted octanol–water partition coefficient (Wildman–Crippen LogP) is 2.91. The largest absolute Gasteiger partial charge is 0.462 e. The molecular formula is C12H20O2. The minimum Gasteiger partial charge on any atom is -0.462 e. The fourth-order valence-corrected chi connectivity index (χ4v) is 3.04. The molecule has 0 N–H and O–H groups in total. The molecule has 2 heteroatoms. The number of carbonyl (C=O) groups is 1. The van der Waals surface area contributed by atoms with Crippen LogP contribution in [-0.4, -0.2) is 12.1 Å². The van der Waals surface area contributed by atoms with Gasteiger partial charge in [-0.3, -0.25) is 4.79 Å². The van der Waals surface area contributed by atoms with Crippen molar-refractivity contribution in [3.05, 3.63) is 0 Å². The first-order chi connectivity index (χ1) is 6.46. The topological polar surface area (TPSA) is 26.3 Å². The third-order valence-corrected chi connectivity index (χ3v) is 4.65. The van der Waals surface area contributed by atoms with Gasteiger partial charge in [0.05, 0.1) is 0 Å². The lowest BCUT2D eigenvalue weighted by Crippen LogP contribution is -2.52. The third kappa shape index (κ3) is 1.27. The highest BCUT2D eigenvalue weighted by molar-refractivity contribution is 5.70. The quantitative estimate of drug-likeness (QED) is 0.557. The summed E-state index contributed by atoms with van der Waals surface area (Å²) in [5, 5.41) is 0. The monoisotopic (exact) mass is 196 g/mol. The molecule has 2 unspecified atom stereocenters. The molecule has 1 heterocycles. The van der Waals surface area contributed by atoms with Crippen LogP contribution in [0.5, 0.6) is 0 Å². The molecule has 2 fully saturated rings. The van der Waals surface area contributed by atoms with Crippen LogP contribution in [0.3, 0.4) is 0 Å². The second-order valence-corrected chi connectivity index (χ2v) is 5.67. The Bertz CT molecular complexity index is 257. The molecule has 80 valence electrons. The molecule has 0 bridgehead atoms. The fraction of sp³-hybridized carbons (Fsp3) is 0.917. The van der Waals surface area contributed by atoms with Gasteiger partial charge in [0.15, 0.2) is 0 Å². The van der Waals surface area contributed by atoms with Crippen LogP contribution < -0.4 is 0 Å². The zero-order valence-corrected chi connectivity index (χ0v) is 9.43. The van der Waals surface area contributed by atoms with E-state index in [0.29, 0.717) is 11.8 Å². The van der Waals surface area contributed by atoms with Crippen LogP contribution in [0.25, 0.3) is 0 Å². The Morgan fingerprint density at radius 1 is 1.29 bits per heavy atom. The Labute approximate surface area is 86.0 Å². The van der Waals surface area contributed by atoms with Gasteiger partial charge >= 0.3 is 5.97 Å². The van der Waals surface area contributed by atoms with Crippen molar-refractivity contribution in [2.75, 3.05) is 0 Å². The van der Waals surface area contributed by atoms with Crippen LogP contribution in [0.1, 0.15) is 52.9 Å². The summed E-state index contributed by atoms with van der Waals surface area (Å²) in [5.74, 6) is 0.00479. The van der Waals surface area contributed by atoms with E-state index in [1.54, 1.807) is 0 Å². The molecule has 0 spiro atoms. The molecule has 1 saturated carbocycles. The lowest BCUT2D eigenvalue weighted by Gasteiger charge is -2.54. The van der Waals surface area contributed by atoms with Crippen molar-refractivity contribution >= 4 is 5.97 Å². The summed E-state index contributed by atoms with van der Waals surface area (Å²) in [6.45, 7) is 6.93. The maximum absolute atomic E-state index is 11.2. The van der Waals surface area contributed by atoms with Crippen molar-refractivity contribution in [1.82, 2.24) is 0 Å². The van der Waals surface area contributed by atoms with Gasteiger partial charge in [0, 0.05) is 11.8 Å². The van der Waals surface area contributed by atoms with E-state index in [1.807, 2.05) is 0 Å². The van der Waals surface area contributed by atoms with Gasteiger partial charge in [-0.1, -0.05) is 20.8 Å². The predicted molar refractivity (Wildman–Crippen MR) is 54.9 cm³/mol. The van der Waals surface area contributed by atoms with Crippen molar-refractivity contribution in [3.63, 3.8) is 0 Å². The summed E-state index contributed by atoms with van der Waals surface area (Å²) in [6, 6.07) is 0. The highest BCUT2D eigenvalue weighted by Gasteiger charge is 2.52. The molecule has 0 aromatic carbocycles. The number of ether oxygens (including phenoxy) is 1. The Morgan fingerprint density at radius 2 is 2.00 bits per heavy atom. The van der Waals surface area contributed by atoms with Crippen molar-refractivity contribution in [2.24, 2.45) is 10.8 Å². The van der Waals surface area contributed by atoms with E-state index in [1.165, 1.54) is 12.8 Å². The highest BCUT2D eigenvalue weighted by atomic mass is 16.5. The third-order valence-electron chi connectivity index (χ3n) is 4.65. The van der Waals surface area contributed by atoms with Crippen LogP contribution in [0.2, 0.25) is 0 Å². The zero-order valence-electron chi connectivity index (χ0n) is 9.43. The molecule has 0 amide bonds. The SMILES string of the molecule is CC1(C)CCCC2OC(=O)CCC21C. The Balaban J connectivity index is 2.26. The molecule has 1 aliphatic carbocycles. The lowest BCUT2D eigenvalue weighted by molar-refractivity contribution is -0.185. The van der Waals surface area contributed by atoms with Gasteiger partial charge in [0.25, 0.3) is 0 Å². The zero-order chi connectivity index (χ0) is 10.4. The summed E-state index contributed by atoms with van der Waals surface area (Å²) < 4.78 is 5.49. The van der Waals surface area contributed by atoms with Gasteiger partial charge in [0.1, 0.15) is 6.10 Å². The molecule has 0 aromatic rings. The minimum atomic E-state index is 0.00479. The number of hydrogen-bond donors (Lipinski definition) is 0. The van der Waals surface area contributed by atoms with Crippen molar-refractivity contribution in [3.8, 4) is 0 Å². The smallest absolute Gasteiger partial charge is 0.306 e. The van der Waals surface area contributed by atoms with E-state index >= 15 is 0 Å². The molecule has 2 rings (SSSR count). The molecule has 0 radical (unpaired) electrons. The molecule has 1 saturated heterocycles. The summed E-state index contributed by atoms with van der Waals surface area (Å²) >= 11 is 0. The summed E-state index contributed by atoms with van der Waals surface area (Å²) in [4.78, 5) is 11.2. The number of hydrogen-bond acceptors (Lipinski definition) is 2. The van der Waals surface area contributed by atoms with E-state index in [2.05, 4.69) is 20.8 Å². The first-order valence-corrected chi connectivity index (χ1v) is 5.65. The Morgan fingerprint density at radius 3 is 2.71 bits per heavy atom. The summed E-state index contributed by atoms with van der Waals surface area (Å²) in [7, 11) is 0. The van der Waals surface area contributed by atoms with Gasteiger partial charge in [-0.05, 0) is 31.1 Å². The second-order valence-electron chi connectivity index (χ2n) is 5.67. The van der Waals surface area contributed by atoms with Crippen LogP contribution >= 0.6 is 0 Å². The van der Waals surface area contributed by atoms with Crippen molar-refractivity contribution in [1.29, 1.82) is 0 Å². The molecule has 2 nitrogen and oxygen atoms in total. The van der Waals surface area contributed by atoms with E-state index in [9.17, 15) is 4.79 Å². The second kappa shape index (κ2) is 2.98. The van der Waals surface area contributed by atoms with Gasteiger partial charge in [-0.15, -0.1) is 0 Å². The number of rotatable bonds is 0. The number of carbonyl (C=O) groups excluding carboxylic acids is 1. The molecule has 2 atom stereocenters. The molecule has 2 aliphatic rings. The van der Waals surface area contributed by atoms with Gasteiger partial charge in [-0.25, -0.2) is 0 Å². The molecule has 14 heavy (non-hydrogen) atoms. The van der Waals surface area contributed by atoms with E-state index in [-0.39, 0.29) is 17.5 Å². The van der Waals surface area contributed by atoms with Crippen LogP contribution in [0, 0.1) is 10.8 Å². The summed E-state index contributed by atoms with van der Waals surface area (Å²) in [5.41, 5.74) is 0.524. The van der Waals surface area contributed by atoms with E-state index in [4.69, 9.17) is 4.74 Å². The molecule has 0 aromatic heterocycles. The van der Waals surface area contributed by atoms with Crippen LogP contribution in [0.4, 0.5) is 0 Å². The first kappa shape index (κ1) is 10.0. The maximum atomic E-state index is 11.2. The van der Waals surface area contributed by atoms with Crippen LogP contribution in [0.15, 0.2) is 0 Å². The highest BCUT2D eigenvalue weighted by Crippen LogP contribution is 2.55. The lowest BCUT2D eigenvalue weighted by atomic mass is 9.55. The first-order valence-electron chi connectivity index (χ1n) is 5.65. The molecular weight excluding hydrogens is 176 g/mol. The number of esters is 1. The summed E-state index contributed by atoms with van der Waals surface area (Å²) in [6.07, 6.45) is 5.30. The van der Waals surface area contributed by atoms with Crippen molar-refractivity contribution in [2.45, 2.75) is 59.0 Å². The fourth-order valence-electron chi connectivity index (χ4n) is 3.04. The molecule has 1 aliphatic heterocycles. The number of fused-ring (bicyclic) bond motifs is 1. The van der Waals surface area contributed by atoms with Gasteiger partial charge in [0.2, 0.25) is 0 Å². The van der Waals surface area contributed by atoms with E-state index < -0.39 is 0 Å². The minimum absolute atomic E-state index is 0.00479. The Kier molecular flexibility index (Phi) is 2.13. The van der Waals surface area contributed by atoms with E-state index in [0.717, 1.165) is 12.8 Å². The van der Waals surface area contributed by atoms with Crippen LogP contribution in [-0.2, 0) is 9.53 Å². The van der Waals surface area contributed by atoms with Crippen molar-refractivity contribution < 1.29 is 9.53 Å². The average molecular weight is 196 g/mol. The van der Waals surface area contributed by atoms with Gasteiger partial charge in [-0.2, -0.15) is 0 Å². The Hall–Kier alpha value is -0.530. The normalized spacial score (nSPS) is 41.4. The van der Waals surface area contributed by atoms with Gasteiger partial charge < -0.3 is 4.74 Å². The standard InChI is InChI=1S/C12H20O2/c1-11(2)7-4-5-9-12(11,3)8-6-10(13)14-9/h9H,4-8H2,1-3H3. The maximum Gasteiger partial charge on any atom is 0.306 e. The average Bonchev–Trinajstić information content (AvgIpc) is 2.09.